The van der Waals surface area contributed by atoms with E-state index in [1.165, 1.54) is 11.3 Å². The van der Waals surface area contributed by atoms with E-state index >= 15 is 0 Å². The van der Waals surface area contributed by atoms with Gasteiger partial charge in [-0.3, -0.25) is 0 Å². The molecule has 2 aromatic heterocycles. The third-order valence-electron chi connectivity index (χ3n) is 2.61. The average Bonchev–Trinajstić information content (AvgIpc) is 2.77. The zero-order valence-corrected chi connectivity index (χ0v) is 11.6. The second kappa shape index (κ2) is 5.28. The van der Waals surface area contributed by atoms with Gasteiger partial charge in [0.25, 0.3) is 0 Å². The van der Waals surface area contributed by atoms with Gasteiger partial charge in [0.2, 0.25) is 0 Å². The first-order chi connectivity index (χ1) is 9.27. The third kappa shape index (κ3) is 3.19. The molecule has 0 aliphatic heterocycles. The van der Waals surface area contributed by atoms with Crippen LogP contribution in [0.25, 0.3) is 0 Å². The van der Waals surface area contributed by atoms with E-state index in [-0.39, 0.29) is 17.4 Å². The van der Waals surface area contributed by atoms with Gasteiger partial charge in [-0.1, -0.05) is 0 Å². The Morgan fingerprint density at radius 3 is 2.55 bits per heavy atom. The minimum atomic E-state index is -4.49. The molecule has 2 rings (SSSR count). The lowest BCUT2D eigenvalue weighted by molar-refractivity contribution is -0.141. The first-order valence-electron chi connectivity index (χ1n) is 5.79. The highest BCUT2D eigenvalue weighted by Gasteiger charge is 2.33. The van der Waals surface area contributed by atoms with Gasteiger partial charge in [0, 0.05) is 11.1 Å². The number of rotatable bonds is 3. The van der Waals surface area contributed by atoms with Crippen molar-refractivity contribution in [2.24, 2.45) is 0 Å². The number of thiazole rings is 1. The summed E-state index contributed by atoms with van der Waals surface area (Å²) >= 11 is 1.48. The van der Waals surface area contributed by atoms with E-state index < -0.39 is 11.9 Å². The maximum absolute atomic E-state index is 12.6. The lowest BCUT2D eigenvalue weighted by Gasteiger charge is -2.16. The van der Waals surface area contributed by atoms with Crippen LogP contribution in [0.5, 0.6) is 0 Å². The standard InChI is InChI=1S/C12H13F3N4S/c1-6-4-18-11(20-6)7(2)19-9-3-10(12(13,14)15)17-5-8(9)16/h3-5,7H,16H2,1-2H3,(H,17,19). The quantitative estimate of drug-likeness (QED) is 0.909. The molecule has 0 spiro atoms. The smallest absolute Gasteiger partial charge is 0.396 e. The van der Waals surface area contributed by atoms with Gasteiger partial charge in [0.15, 0.2) is 0 Å². The number of hydrogen-bond donors (Lipinski definition) is 2. The maximum Gasteiger partial charge on any atom is 0.433 e. The van der Waals surface area contributed by atoms with Crippen LogP contribution in [-0.4, -0.2) is 9.97 Å². The SMILES string of the molecule is Cc1cnc(C(C)Nc2cc(C(F)(F)F)ncc2N)s1. The Morgan fingerprint density at radius 2 is 2.00 bits per heavy atom. The Balaban J connectivity index is 2.24. The van der Waals surface area contributed by atoms with Gasteiger partial charge in [-0.15, -0.1) is 11.3 Å². The van der Waals surface area contributed by atoms with Crippen LogP contribution < -0.4 is 11.1 Å². The van der Waals surface area contributed by atoms with E-state index in [2.05, 4.69) is 15.3 Å². The number of nitrogens with zero attached hydrogens (tertiary/aromatic N) is 2. The van der Waals surface area contributed by atoms with E-state index in [0.717, 1.165) is 22.1 Å². The fraction of sp³-hybridized carbons (Fsp3) is 0.333. The molecule has 0 bridgehead atoms. The van der Waals surface area contributed by atoms with E-state index in [1.54, 1.807) is 6.20 Å². The van der Waals surface area contributed by atoms with Gasteiger partial charge in [0.05, 0.1) is 23.6 Å². The highest BCUT2D eigenvalue weighted by molar-refractivity contribution is 7.11. The summed E-state index contributed by atoms with van der Waals surface area (Å²) in [5, 5.41) is 3.72. The predicted molar refractivity (Wildman–Crippen MR) is 72.5 cm³/mol. The minimum absolute atomic E-state index is 0.165. The van der Waals surface area contributed by atoms with E-state index in [0.29, 0.717) is 0 Å². The number of hydrogen-bond acceptors (Lipinski definition) is 5. The highest BCUT2D eigenvalue weighted by Crippen LogP contribution is 2.32. The van der Waals surface area contributed by atoms with Crippen LogP contribution in [0.1, 0.15) is 28.5 Å². The van der Waals surface area contributed by atoms with E-state index in [4.69, 9.17) is 5.73 Å². The molecule has 0 saturated carbocycles. The van der Waals surface area contributed by atoms with Crippen LogP contribution in [0.4, 0.5) is 24.5 Å². The number of anilines is 2. The molecule has 0 saturated heterocycles. The number of nitrogens with two attached hydrogens (primary N) is 1. The molecule has 108 valence electrons. The van der Waals surface area contributed by atoms with E-state index in [9.17, 15) is 13.2 Å². The lowest BCUT2D eigenvalue weighted by Crippen LogP contribution is -2.12. The van der Waals surface area contributed by atoms with Crippen molar-refractivity contribution in [2.75, 3.05) is 11.1 Å². The summed E-state index contributed by atoms with van der Waals surface area (Å²) in [6.07, 6.45) is -1.77. The van der Waals surface area contributed by atoms with Crippen molar-refractivity contribution in [2.45, 2.75) is 26.1 Å². The summed E-state index contributed by atoms with van der Waals surface area (Å²) in [5.41, 5.74) is 5.05. The topological polar surface area (TPSA) is 63.8 Å². The molecule has 8 heteroatoms. The van der Waals surface area contributed by atoms with Gasteiger partial charge in [-0.25, -0.2) is 9.97 Å². The van der Waals surface area contributed by atoms with Gasteiger partial charge in [-0.2, -0.15) is 13.2 Å². The lowest BCUT2D eigenvalue weighted by atomic mass is 10.2. The summed E-state index contributed by atoms with van der Waals surface area (Å²) in [6, 6.07) is 0.672. The molecule has 0 aliphatic carbocycles. The van der Waals surface area contributed by atoms with Crippen LogP contribution in [0.2, 0.25) is 0 Å². The van der Waals surface area contributed by atoms with Crippen LogP contribution in [0.15, 0.2) is 18.5 Å². The number of halogens is 3. The van der Waals surface area contributed by atoms with Crippen molar-refractivity contribution >= 4 is 22.7 Å². The molecule has 0 fully saturated rings. The fourth-order valence-corrected chi connectivity index (χ4v) is 2.39. The number of alkyl halides is 3. The molecule has 3 N–H and O–H groups in total. The first kappa shape index (κ1) is 14.6. The van der Waals surface area contributed by atoms with Gasteiger partial charge < -0.3 is 11.1 Å². The van der Waals surface area contributed by atoms with Crippen LogP contribution in [0.3, 0.4) is 0 Å². The van der Waals surface area contributed by atoms with Crippen molar-refractivity contribution in [3.8, 4) is 0 Å². The number of nitrogen functional groups attached to an aromatic ring is 1. The predicted octanol–water partition coefficient (Wildman–Crippen LogP) is 3.62. The zero-order valence-electron chi connectivity index (χ0n) is 10.8. The van der Waals surface area contributed by atoms with Gasteiger partial charge in [0.1, 0.15) is 10.7 Å². The number of pyridine rings is 1. The molecule has 2 aromatic rings. The second-order valence-corrected chi connectivity index (χ2v) is 5.60. The molecule has 0 amide bonds. The molecular formula is C12H13F3N4S. The van der Waals surface area contributed by atoms with Crippen LogP contribution in [0, 0.1) is 6.92 Å². The van der Waals surface area contributed by atoms with Crippen LogP contribution in [-0.2, 0) is 6.18 Å². The van der Waals surface area contributed by atoms with E-state index in [1.807, 2.05) is 13.8 Å². The monoisotopic (exact) mass is 302 g/mol. The Bertz CT molecular complexity index is 609. The zero-order chi connectivity index (χ0) is 14.9. The van der Waals surface area contributed by atoms with Crippen molar-refractivity contribution in [1.29, 1.82) is 0 Å². The van der Waals surface area contributed by atoms with Gasteiger partial charge in [-0.05, 0) is 19.9 Å². The Labute approximate surface area is 117 Å². The number of aryl methyl sites for hydroxylation is 1. The molecule has 0 aromatic carbocycles. The summed E-state index contributed by atoms with van der Waals surface area (Å²) in [7, 11) is 0. The minimum Gasteiger partial charge on any atom is -0.396 e. The van der Waals surface area contributed by atoms with Crippen LogP contribution >= 0.6 is 11.3 Å². The second-order valence-electron chi connectivity index (χ2n) is 4.33. The Hall–Kier alpha value is -1.83. The summed E-state index contributed by atoms with van der Waals surface area (Å²) in [4.78, 5) is 8.52. The van der Waals surface area contributed by atoms with Crippen molar-refractivity contribution in [1.82, 2.24) is 9.97 Å². The molecule has 20 heavy (non-hydrogen) atoms. The molecular weight excluding hydrogens is 289 g/mol. The first-order valence-corrected chi connectivity index (χ1v) is 6.60. The Kier molecular flexibility index (Phi) is 3.85. The summed E-state index contributed by atoms with van der Waals surface area (Å²) in [6.45, 7) is 3.72. The molecule has 0 radical (unpaired) electrons. The number of nitrogens with one attached hydrogen (secondary N) is 1. The molecule has 0 aliphatic rings. The normalized spacial score (nSPS) is 13.2. The summed E-state index contributed by atoms with van der Waals surface area (Å²) in [5.74, 6) is 0. The fourth-order valence-electron chi connectivity index (χ4n) is 1.61. The third-order valence-corrected chi connectivity index (χ3v) is 3.70. The molecule has 1 unspecified atom stereocenters. The maximum atomic E-state index is 12.6. The highest BCUT2D eigenvalue weighted by atomic mass is 32.1. The Morgan fingerprint density at radius 1 is 1.30 bits per heavy atom. The average molecular weight is 302 g/mol. The molecule has 4 nitrogen and oxygen atoms in total. The molecule has 1 atom stereocenters. The largest absolute Gasteiger partial charge is 0.433 e. The van der Waals surface area contributed by atoms with Crippen molar-refractivity contribution in [3.05, 3.63) is 34.0 Å². The molecule has 2 heterocycles. The van der Waals surface area contributed by atoms with Gasteiger partial charge >= 0.3 is 6.18 Å². The summed E-state index contributed by atoms with van der Waals surface area (Å²) < 4.78 is 37.9. The number of aromatic nitrogens is 2. The van der Waals surface area contributed by atoms with Crippen molar-refractivity contribution < 1.29 is 13.2 Å². The van der Waals surface area contributed by atoms with Crippen molar-refractivity contribution in [3.63, 3.8) is 0 Å².